The Labute approximate surface area is 161 Å². The van der Waals surface area contributed by atoms with Gasteiger partial charge in [0.25, 0.3) is 0 Å². The lowest BCUT2D eigenvalue weighted by atomic mass is 9.76. The lowest BCUT2D eigenvalue weighted by molar-refractivity contribution is -0.136. The molecule has 1 aromatic heterocycles. The van der Waals surface area contributed by atoms with E-state index in [1.165, 1.54) is 12.8 Å². The average molecular weight is 367 g/mol. The van der Waals surface area contributed by atoms with E-state index in [1.807, 2.05) is 35.2 Å². The third-order valence-electron chi connectivity index (χ3n) is 6.38. The minimum Gasteiger partial charge on any atom is -0.472 e. The van der Waals surface area contributed by atoms with Crippen LogP contribution in [0.4, 0.5) is 0 Å². The van der Waals surface area contributed by atoms with Crippen molar-refractivity contribution in [1.29, 1.82) is 0 Å². The maximum absolute atomic E-state index is 12.9. The fourth-order valence-electron chi connectivity index (χ4n) is 4.60. The monoisotopic (exact) mass is 366 g/mol. The first-order chi connectivity index (χ1) is 13.1. The van der Waals surface area contributed by atoms with Crippen LogP contribution in [0.5, 0.6) is 5.88 Å². The normalized spacial score (nSPS) is 25.9. The number of hydrogen-bond acceptors (Lipinski definition) is 3. The van der Waals surface area contributed by atoms with Gasteiger partial charge in [-0.2, -0.15) is 0 Å². The first kappa shape index (κ1) is 18.3. The fraction of sp³-hybridized carbons (Fsp3) is 0.565. The minimum atomic E-state index is 0.0506. The van der Waals surface area contributed by atoms with Crippen LogP contribution in [-0.4, -0.2) is 35.0 Å². The zero-order chi connectivity index (χ0) is 18.8. The van der Waals surface area contributed by atoms with Gasteiger partial charge in [-0.15, -0.1) is 0 Å². The van der Waals surface area contributed by atoms with Crippen molar-refractivity contribution in [2.45, 2.75) is 52.1 Å². The standard InChI is InChI=1S/C23H30N2O2/c1-16(2)17-7-9-19(10-8-17)23(26)25-14-13-20(15-25)27-22-12-11-18-5-3-4-6-21(18)24-22/h3-6,11-12,16-17,19-20H,7-10,13-15H2,1-2H3. The molecule has 144 valence electrons. The molecule has 1 atom stereocenters. The molecular formula is C23H30N2O2. The number of para-hydroxylation sites is 1. The number of carbonyl (C=O) groups excluding carboxylic acids is 1. The molecule has 1 unspecified atom stereocenters. The van der Waals surface area contributed by atoms with Crippen molar-refractivity contribution >= 4 is 16.8 Å². The highest BCUT2D eigenvalue weighted by Gasteiger charge is 2.34. The maximum atomic E-state index is 12.9. The van der Waals surface area contributed by atoms with Crippen molar-refractivity contribution < 1.29 is 9.53 Å². The number of nitrogens with zero attached hydrogens (tertiary/aromatic N) is 2. The average Bonchev–Trinajstić information content (AvgIpc) is 3.16. The molecule has 4 rings (SSSR count). The molecule has 2 aromatic rings. The molecule has 2 aliphatic rings. The molecule has 0 radical (unpaired) electrons. The summed E-state index contributed by atoms with van der Waals surface area (Å²) in [6.07, 6.45) is 5.44. The molecule has 1 saturated carbocycles. The van der Waals surface area contributed by atoms with Crippen LogP contribution in [0, 0.1) is 17.8 Å². The van der Waals surface area contributed by atoms with Gasteiger partial charge >= 0.3 is 0 Å². The predicted molar refractivity (Wildman–Crippen MR) is 108 cm³/mol. The Kier molecular flexibility index (Phi) is 5.33. The predicted octanol–water partition coefficient (Wildman–Crippen LogP) is 4.68. The number of rotatable bonds is 4. The number of ether oxygens (including phenoxy) is 1. The smallest absolute Gasteiger partial charge is 0.225 e. The molecule has 4 heteroatoms. The van der Waals surface area contributed by atoms with Gasteiger partial charge in [0.2, 0.25) is 11.8 Å². The third kappa shape index (κ3) is 4.10. The molecule has 1 aliphatic heterocycles. The van der Waals surface area contributed by atoms with Gasteiger partial charge in [-0.3, -0.25) is 4.79 Å². The van der Waals surface area contributed by atoms with Gasteiger partial charge in [-0.25, -0.2) is 4.98 Å². The number of amides is 1. The summed E-state index contributed by atoms with van der Waals surface area (Å²) < 4.78 is 6.09. The van der Waals surface area contributed by atoms with Crippen molar-refractivity contribution in [1.82, 2.24) is 9.88 Å². The molecule has 1 saturated heterocycles. The summed E-state index contributed by atoms with van der Waals surface area (Å²) in [6.45, 7) is 6.10. The maximum Gasteiger partial charge on any atom is 0.225 e. The van der Waals surface area contributed by atoms with E-state index in [0.29, 0.717) is 18.3 Å². The molecule has 2 heterocycles. The summed E-state index contributed by atoms with van der Waals surface area (Å²) in [5.41, 5.74) is 0.947. The zero-order valence-corrected chi connectivity index (χ0v) is 16.4. The largest absolute Gasteiger partial charge is 0.472 e. The van der Waals surface area contributed by atoms with Gasteiger partial charge in [0, 0.05) is 30.3 Å². The van der Waals surface area contributed by atoms with Gasteiger partial charge < -0.3 is 9.64 Å². The Morgan fingerprint density at radius 2 is 1.85 bits per heavy atom. The van der Waals surface area contributed by atoms with Gasteiger partial charge in [-0.1, -0.05) is 32.0 Å². The lowest BCUT2D eigenvalue weighted by Gasteiger charge is -2.32. The van der Waals surface area contributed by atoms with Crippen LogP contribution in [0.25, 0.3) is 10.9 Å². The van der Waals surface area contributed by atoms with Crippen LogP contribution in [0.1, 0.15) is 46.0 Å². The zero-order valence-electron chi connectivity index (χ0n) is 16.4. The van der Waals surface area contributed by atoms with Crippen LogP contribution in [0.15, 0.2) is 36.4 Å². The topological polar surface area (TPSA) is 42.4 Å². The van der Waals surface area contributed by atoms with E-state index < -0.39 is 0 Å². The highest BCUT2D eigenvalue weighted by Crippen LogP contribution is 2.34. The molecule has 4 nitrogen and oxygen atoms in total. The highest BCUT2D eigenvalue weighted by atomic mass is 16.5. The number of fused-ring (bicyclic) bond motifs is 1. The summed E-state index contributed by atoms with van der Waals surface area (Å²) in [6, 6.07) is 12.0. The van der Waals surface area contributed by atoms with Crippen molar-refractivity contribution in [3.05, 3.63) is 36.4 Å². The first-order valence-corrected chi connectivity index (χ1v) is 10.4. The Morgan fingerprint density at radius 1 is 1.07 bits per heavy atom. The molecule has 2 fully saturated rings. The first-order valence-electron chi connectivity index (χ1n) is 10.4. The van der Waals surface area contributed by atoms with E-state index in [4.69, 9.17) is 4.74 Å². The molecule has 0 bridgehead atoms. The number of carbonyl (C=O) groups is 1. The van der Waals surface area contributed by atoms with E-state index in [9.17, 15) is 4.79 Å². The summed E-state index contributed by atoms with van der Waals surface area (Å²) in [5.74, 6) is 2.75. The molecule has 0 N–H and O–H groups in total. The Hall–Kier alpha value is -2.10. The van der Waals surface area contributed by atoms with Crippen LogP contribution in [0.3, 0.4) is 0 Å². The van der Waals surface area contributed by atoms with Gasteiger partial charge in [-0.05, 0) is 49.7 Å². The Morgan fingerprint density at radius 3 is 2.63 bits per heavy atom. The van der Waals surface area contributed by atoms with Gasteiger partial charge in [0.1, 0.15) is 6.10 Å². The van der Waals surface area contributed by atoms with E-state index in [-0.39, 0.29) is 12.0 Å². The number of pyridine rings is 1. The Bertz CT molecular complexity index is 796. The van der Waals surface area contributed by atoms with Gasteiger partial charge in [0.15, 0.2) is 0 Å². The summed E-state index contributed by atoms with van der Waals surface area (Å²) in [4.78, 5) is 19.5. The summed E-state index contributed by atoms with van der Waals surface area (Å²) >= 11 is 0. The van der Waals surface area contributed by atoms with Crippen LogP contribution in [-0.2, 0) is 4.79 Å². The summed E-state index contributed by atoms with van der Waals surface area (Å²) in [7, 11) is 0. The fourth-order valence-corrected chi connectivity index (χ4v) is 4.60. The van der Waals surface area contributed by atoms with Gasteiger partial charge in [0.05, 0.1) is 12.1 Å². The van der Waals surface area contributed by atoms with Crippen molar-refractivity contribution in [3.63, 3.8) is 0 Å². The third-order valence-corrected chi connectivity index (χ3v) is 6.38. The number of benzene rings is 1. The second kappa shape index (κ2) is 7.87. The SMILES string of the molecule is CC(C)C1CCC(C(=O)N2CCC(Oc3ccc4ccccc4n3)C2)CC1. The Balaban J connectivity index is 1.32. The molecule has 1 aromatic carbocycles. The highest BCUT2D eigenvalue weighted by molar-refractivity contribution is 5.79. The quantitative estimate of drug-likeness (QED) is 0.789. The van der Waals surface area contributed by atoms with E-state index in [1.54, 1.807) is 0 Å². The van der Waals surface area contributed by atoms with E-state index >= 15 is 0 Å². The van der Waals surface area contributed by atoms with Crippen LogP contribution < -0.4 is 4.74 Å². The second-order valence-corrected chi connectivity index (χ2v) is 8.51. The number of likely N-dealkylation sites (tertiary alicyclic amines) is 1. The van der Waals surface area contributed by atoms with Crippen molar-refractivity contribution in [3.8, 4) is 5.88 Å². The van der Waals surface area contributed by atoms with Crippen LogP contribution in [0.2, 0.25) is 0 Å². The molecule has 27 heavy (non-hydrogen) atoms. The molecule has 0 spiro atoms. The van der Waals surface area contributed by atoms with Crippen LogP contribution >= 0.6 is 0 Å². The lowest BCUT2D eigenvalue weighted by Crippen LogP contribution is -2.37. The number of aromatic nitrogens is 1. The number of hydrogen-bond donors (Lipinski definition) is 0. The molecule has 1 amide bonds. The summed E-state index contributed by atoms with van der Waals surface area (Å²) in [5, 5.41) is 1.12. The second-order valence-electron chi connectivity index (χ2n) is 8.51. The minimum absolute atomic E-state index is 0.0506. The van der Waals surface area contributed by atoms with E-state index in [2.05, 4.69) is 24.9 Å². The molecular weight excluding hydrogens is 336 g/mol. The molecule has 1 aliphatic carbocycles. The van der Waals surface area contributed by atoms with Crippen molar-refractivity contribution in [2.75, 3.05) is 13.1 Å². The van der Waals surface area contributed by atoms with E-state index in [0.717, 1.165) is 48.5 Å². The van der Waals surface area contributed by atoms with Crippen molar-refractivity contribution in [2.24, 2.45) is 17.8 Å².